The molecule has 0 unspecified atom stereocenters. The fourth-order valence-corrected chi connectivity index (χ4v) is 4.68. The van der Waals surface area contributed by atoms with Crippen LogP contribution in [0.15, 0.2) is 47.5 Å². The van der Waals surface area contributed by atoms with Gasteiger partial charge >= 0.3 is 0 Å². The zero-order valence-corrected chi connectivity index (χ0v) is 17.9. The van der Waals surface area contributed by atoms with Gasteiger partial charge in [0.25, 0.3) is 0 Å². The van der Waals surface area contributed by atoms with Crippen molar-refractivity contribution < 1.29 is 9.47 Å². The van der Waals surface area contributed by atoms with Gasteiger partial charge in [0.2, 0.25) is 0 Å². The number of hydrogen-bond donors (Lipinski definition) is 1. The van der Waals surface area contributed by atoms with E-state index < -0.39 is 0 Å². The topological polar surface area (TPSA) is 42.9 Å². The second-order valence-electron chi connectivity index (χ2n) is 7.84. The maximum atomic E-state index is 6.13. The number of nitrogens with zero attached hydrogens (tertiary/aromatic N) is 1. The van der Waals surface area contributed by atoms with Gasteiger partial charge in [-0.3, -0.25) is 4.99 Å². The monoisotopic (exact) mass is 412 g/mol. The van der Waals surface area contributed by atoms with Crippen LogP contribution in [-0.4, -0.2) is 25.6 Å². The molecule has 2 aromatic rings. The first kappa shape index (κ1) is 20.1. The molecule has 29 heavy (non-hydrogen) atoms. The lowest BCUT2D eigenvalue weighted by Gasteiger charge is -2.31. The van der Waals surface area contributed by atoms with Gasteiger partial charge in [0, 0.05) is 11.1 Å². The number of hydrogen-bond acceptors (Lipinski definition) is 4. The van der Waals surface area contributed by atoms with Crippen LogP contribution in [0.4, 0.5) is 0 Å². The summed E-state index contributed by atoms with van der Waals surface area (Å²) >= 11 is 6.13. The highest BCUT2D eigenvalue weighted by Crippen LogP contribution is 2.39. The third-order valence-electron chi connectivity index (χ3n) is 6.02. The zero-order chi connectivity index (χ0) is 20.2. The Morgan fingerprint density at radius 3 is 2.52 bits per heavy atom. The van der Waals surface area contributed by atoms with Crippen LogP contribution >= 0.6 is 11.6 Å². The molecule has 2 aliphatic rings. The van der Waals surface area contributed by atoms with Gasteiger partial charge in [-0.1, -0.05) is 43.0 Å². The molecule has 4 rings (SSSR count). The molecule has 0 spiro atoms. The molecule has 1 aliphatic carbocycles. The average Bonchev–Trinajstić information content (AvgIpc) is 3.20. The molecule has 2 atom stereocenters. The van der Waals surface area contributed by atoms with Gasteiger partial charge in [-0.2, -0.15) is 0 Å². The van der Waals surface area contributed by atoms with E-state index in [1.807, 2.05) is 37.3 Å². The van der Waals surface area contributed by atoms with Crippen LogP contribution in [0, 0.1) is 5.92 Å². The van der Waals surface area contributed by atoms with Crippen molar-refractivity contribution in [2.45, 2.75) is 51.1 Å². The van der Waals surface area contributed by atoms with Crippen molar-refractivity contribution in [1.29, 1.82) is 0 Å². The van der Waals surface area contributed by atoms with Crippen molar-refractivity contribution in [2.24, 2.45) is 10.9 Å². The fraction of sp³-hybridized carbons (Fsp3) is 0.458. The Labute approximate surface area is 178 Å². The van der Waals surface area contributed by atoms with Crippen LogP contribution < -0.4 is 14.8 Å². The number of aliphatic imine (C=N–C) groups is 1. The second kappa shape index (κ2) is 9.08. The van der Waals surface area contributed by atoms with Gasteiger partial charge in [-0.05, 0) is 55.5 Å². The third-order valence-corrected chi connectivity index (χ3v) is 6.28. The van der Waals surface area contributed by atoms with Crippen molar-refractivity contribution in [3.8, 4) is 11.5 Å². The fourth-order valence-electron chi connectivity index (χ4n) is 4.55. The standard InChI is InChI=1S/C24H29ClN2O2/c1-3-29-21-15-19(28-2)13-14-20(21)24-26-22(16-7-5-4-6-8-16)23(27-24)17-9-11-18(25)12-10-17/h9-16,22-23H,3-8H2,1-2H3,(H,26,27)/t22-,23+/m1/s1. The molecule has 0 saturated heterocycles. The smallest absolute Gasteiger partial charge is 0.133 e. The van der Waals surface area contributed by atoms with Gasteiger partial charge in [-0.25, -0.2) is 0 Å². The number of nitrogens with one attached hydrogen (secondary N) is 1. The lowest BCUT2D eigenvalue weighted by atomic mass is 9.80. The normalized spacial score (nSPS) is 22.1. The summed E-state index contributed by atoms with van der Waals surface area (Å²) in [6, 6.07) is 14.5. The van der Waals surface area contributed by atoms with E-state index in [4.69, 9.17) is 26.1 Å². The summed E-state index contributed by atoms with van der Waals surface area (Å²) in [7, 11) is 1.67. The number of amidine groups is 1. The molecule has 1 fully saturated rings. The number of rotatable bonds is 6. The first-order chi connectivity index (χ1) is 14.2. The van der Waals surface area contributed by atoms with E-state index in [0.717, 1.165) is 27.9 Å². The lowest BCUT2D eigenvalue weighted by molar-refractivity contribution is 0.273. The highest BCUT2D eigenvalue weighted by molar-refractivity contribution is 6.30. The molecule has 1 N–H and O–H groups in total. The van der Waals surface area contributed by atoms with Crippen molar-refractivity contribution >= 4 is 17.4 Å². The molecule has 1 heterocycles. The van der Waals surface area contributed by atoms with E-state index in [1.54, 1.807) is 7.11 Å². The van der Waals surface area contributed by atoms with Crippen LogP contribution in [-0.2, 0) is 0 Å². The minimum absolute atomic E-state index is 0.0851. The number of benzene rings is 2. The first-order valence-corrected chi connectivity index (χ1v) is 11.0. The van der Waals surface area contributed by atoms with Gasteiger partial charge < -0.3 is 14.8 Å². The third kappa shape index (κ3) is 4.37. The van der Waals surface area contributed by atoms with E-state index in [1.165, 1.54) is 37.7 Å². The summed E-state index contributed by atoms with van der Waals surface area (Å²) < 4.78 is 11.3. The molecule has 0 amide bonds. The van der Waals surface area contributed by atoms with Crippen molar-refractivity contribution in [1.82, 2.24) is 5.32 Å². The van der Waals surface area contributed by atoms with Crippen molar-refractivity contribution in [3.05, 3.63) is 58.6 Å². The highest BCUT2D eigenvalue weighted by atomic mass is 35.5. The summed E-state index contributed by atoms with van der Waals surface area (Å²) in [5.74, 6) is 3.12. The molecule has 0 bridgehead atoms. The van der Waals surface area contributed by atoms with Gasteiger partial charge in [0.1, 0.15) is 17.3 Å². The summed E-state index contributed by atoms with van der Waals surface area (Å²) in [6.07, 6.45) is 6.46. The molecule has 0 aromatic heterocycles. The summed E-state index contributed by atoms with van der Waals surface area (Å²) in [5.41, 5.74) is 2.20. The van der Waals surface area contributed by atoms with Crippen molar-refractivity contribution in [3.63, 3.8) is 0 Å². The second-order valence-corrected chi connectivity index (χ2v) is 8.27. The van der Waals surface area contributed by atoms with Crippen LogP contribution in [0.25, 0.3) is 0 Å². The van der Waals surface area contributed by atoms with Gasteiger partial charge in [0.15, 0.2) is 0 Å². The van der Waals surface area contributed by atoms with E-state index in [-0.39, 0.29) is 6.04 Å². The van der Waals surface area contributed by atoms with E-state index in [0.29, 0.717) is 18.6 Å². The van der Waals surface area contributed by atoms with Crippen LogP contribution in [0.5, 0.6) is 11.5 Å². The number of ether oxygens (including phenoxy) is 2. The largest absolute Gasteiger partial charge is 0.497 e. The van der Waals surface area contributed by atoms with E-state index >= 15 is 0 Å². The van der Waals surface area contributed by atoms with Gasteiger partial charge in [0.05, 0.1) is 31.4 Å². The zero-order valence-electron chi connectivity index (χ0n) is 17.2. The Morgan fingerprint density at radius 1 is 1.07 bits per heavy atom. The Morgan fingerprint density at radius 2 is 1.83 bits per heavy atom. The Hall–Kier alpha value is -2.20. The minimum atomic E-state index is 0.0851. The summed E-state index contributed by atoms with van der Waals surface area (Å²) in [5, 5.41) is 4.53. The number of halogens is 1. The van der Waals surface area contributed by atoms with E-state index in [2.05, 4.69) is 17.4 Å². The molecule has 154 valence electrons. The minimum Gasteiger partial charge on any atom is -0.497 e. The molecule has 2 aromatic carbocycles. The predicted molar refractivity (Wildman–Crippen MR) is 118 cm³/mol. The summed E-state index contributed by atoms with van der Waals surface area (Å²) in [4.78, 5) is 5.15. The molecule has 1 saturated carbocycles. The Bertz CT molecular complexity index is 860. The Kier molecular flexibility index (Phi) is 6.29. The number of methoxy groups -OCH3 is 1. The molecule has 0 radical (unpaired) electrons. The molecule has 5 heteroatoms. The molecule has 4 nitrogen and oxygen atoms in total. The first-order valence-electron chi connectivity index (χ1n) is 10.6. The highest BCUT2D eigenvalue weighted by Gasteiger charge is 2.37. The SMILES string of the molecule is CCOc1cc(OC)ccc1C1=N[C@@H](c2ccc(Cl)cc2)[C@@H](C2CCCCC2)N1. The molecular formula is C24H29ClN2O2. The molecular weight excluding hydrogens is 384 g/mol. The average molecular weight is 413 g/mol. The maximum absolute atomic E-state index is 6.13. The lowest BCUT2D eigenvalue weighted by Crippen LogP contribution is -2.39. The van der Waals surface area contributed by atoms with Crippen LogP contribution in [0.2, 0.25) is 5.02 Å². The predicted octanol–water partition coefficient (Wildman–Crippen LogP) is 5.79. The Balaban J connectivity index is 1.70. The molecule has 1 aliphatic heterocycles. The van der Waals surface area contributed by atoms with Gasteiger partial charge in [-0.15, -0.1) is 0 Å². The maximum Gasteiger partial charge on any atom is 0.133 e. The quantitative estimate of drug-likeness (QED) is 0.653. The van der Waals surface area contributed by atoms with Crippen molar-refractivity contribution in [2.75, 3.05) is 13.7 Å². The van der Waals surface area contributed by atoms with Crippen LogP contribution in [0.3, 0.4) is 0 Å². The summed E-state index contributed by atoms with van der Waals surface area (Å²) in [6.45, 7) is 2.59. The van der Waals surface area contributed by atoms with Crippen LogP contribution in [0.1, 0.15) is 56.2 Å². The van der Waals surface area contributed by atoms with E-state index in [9.17, 15) is 0 Å².